The second-order valence-corrected chi connectivity index (χ2v) is 6.55. The Morgan fingerprint density at radius 1 is 1.05 bits per heavy atom. The standard InChI is InChI=1S/C9H9N3O.C6H8N2.C5H9NO3.C2H3F3.C2H6/c10-8-6-9(13)12(11-8)7-4-2-1-3-5-7;7-8-6-4-2-1-3-5-6;1-2-9-5(8)3-4(6)7;1-2(3,4)5;1-2/h1-5H,6H2,(H2,10,11);1-5,8H,7H2;2-3H2,1H3,(H2,6,7);1H3;1-2H3. The van der Waals surface area contributed by atoms with Crippen molar-refractivity contribution in [2.24, 2.45) is 22.4 Å². The number of primary amides is 1. The second-order valence-electron chi connectivity index (χ2n) is 6.55. The van der Waals surface area contributed by atoms with Gasteiger partial charge in [0.05, 0.1) is 18.7 Å². The van der Waals surface area contributed by atoms with E-state index in [0.29, 0.717) is 5.84 Å². The lowest BCUT2D eigenvalue weighted by molar-refractivity contribution is -0.145. The van der Waals surface area contributed by atoms with Gasteiger partial charge in [-0.05, 0) is 31.2 Å². The van der Waals surface area contributed by atoms with Crippen molar-refractivity contribution in [3.8, 4) is 0 Å². The number of benzene rings is 2. The molecule has 37 heavy (non-hydrogen) atoms. The minimum Gasteiger partial charge on any atom is -0.466 e. The van der Waals surface area contributed by atoms with E-state index >= 15 is 0 Å². The van der Waals surface area contributed by atoms with Crippen molar-refractivity contribution < 1.29 is 32.3 Å². The van der Waals surface area contributed by atoms with Crippen LogP contribution in [0, 0.1) is 0 Å². The third kappa shape index (κ3) is 20.9. The maximum absolute atomic E-state index is 11.3. The van der Waals surface area contributed by atoms with Crippen LogP contribution >= 0.6 is 0 Å². The van der Waals surface area contributed by atoms with Crippen molar-refractivity contribution in [3.05, 3.63) is 60.7 Å². The van der Waals surface area contributed by atoms with Gasteiger partial charge in [0.2, 0.25) is 5.91 Å². The van der Waals surface area contributed by atoms with Gasteiger partial charge in [-0.3, -0.25) is 20.2 Å². The molecule has 206 valence electrons. The zero-order valence-corrected chi connectivity index (χ0v) is 21.3. The number of hydrogen-bond acceptors (Lipinski definition) is 8. The van der Waals surface area contributed by atoms with Gasteiger partial charge in [0.25, 0.3) is 5.91 Å². The lowest BCUT2D eigenvalue weighted by Crippen LogP contribution is -2.19. The van der Waals surface area contributed by atoms with Crippen LogP contribution < -0.4 is 27.7 Å². The molecule has 2 aromatic carbocycles. The van der Waals surface area contributed by atoms with E-state index in [2.05, 4.69) is 21.0 Å². The summed E-state index contributed by atoms with van der Waals surface area (Å²) in [7, 11) is 0. The first-order valence-corrected chi connectivity index (χ1v) is 11.1. The lowest BCUT2D eigenvalue weighted by atomic mass is 10.3. The van der Waals surface area contributed by atoms with Crippen LogP contribution in [0.25, 0.3) is 0 Å². The van der Waals surface area contributed by atoms with Crippen molar-refractivity contribution in [1.29, 1.82) is 0 Å². The lowest BCUT2D eigenvalue weighted by Gasteiger charge is -2.10. The van der Waals surface area contributed by atoms with E-state index in [9.17, 15) is 27.6 Å². The summed E-state index contributed by atoms with van der Waals surface area (Å²) < 4.78 is 35.5. The molecule has 0 unspecified atom stereocenters. The summed E-state index contributed by atoms with van der Waals surface area (Å²) >= 11 is 0. The van der Waals surface area contributed by atoms with E-state index in [4.69, 9.17) is 11.6 Å². The van der Waals surface area contributed by atoms with Gasteiger partial charge in [-0.25, -0.2) is 0 Å². The molecule has 0 spiro atoms. The molecule has 2 aromatic rings. The second kappa shape index (κ2) is 20.1. The Kier molecular flexibility index (Phi) is 19.0. The molecule has 1 aliphatic heterocycles. The van der Waals surface area contributed by atoms with Crippen LogP contribution in [-0.2, 0) is 19.1 Å². The van der Waals surface area contributed by atoms with E-state index in [-0.39, 0.29) is 32.3 Å². The first-order chi connectivity index (χ1) is 17.4. The zero-order chi connectivity index (χ0) is 28.9. The third-order valence-corrected chi connectivity index (χ3v) is 3.36. The summed E-state index contributed by atoms with van der Waals surface area (Å²) in [4.78, 5) is 31.7. The number of hydrogen-bond donors (Lipinski definition) is 4. The summed E-state index contributed by atoms with van der Waals surface area (Å²) in [5.41, 5.74) is 14.3. The maximum Gasteiger partial charge on any atom is 0.386 e. The number of nitrogens with one attached hydrogen (secondary N) is 1. The Morgan fingerprint density at radius 3 is 1.84 bits per heavy atom. The fraction of sp³-hybridized carbons (Fsp3) is 0.333. The SMILES string of the molecule is CC.CC(F)(F)F.CCOC(=O)CC(N)=O.NC1=NN(c2ccccc2)C(=O)C1.NNc1ccccc1. The Bertz CT molecular complexity index is 937. The summed E-state index contributed by atoms with van der Waals surface area (Å²) in [6.45, 7) is 6.14. The molecule has 0 atom stereocenters. The Labute approximate surface area is 214 Å². The van der Waals surface area contributed by atoms with Gasteiger partial charge in [-0.1, -0.05) is 50.2 Å². The molecule has 0 aliphatic carbocycles. The molecular weight excluding hydrogens is 493 g/mol. The van der Waals surface area contributed by atoms with Crippen LogP contribution in [0.1, 0.15) is 40.5 Å². The van der Waals surface area contributed by atoms with Gasteiger partial charge in [0.15, 0.2) is 0 Å². The fourth-order valence-electron chi connectivity index (χ4n) is 2.11. The molecule has 1 heterocycles. The number of alkyl halides is 3. The van der Waals surface area contributed by atoms with Gasteiger partial charge in [0.1, 0.15) is 12.3 Å². The van der Waals surface area contributed by atoms with Crippen LogP contribution in [0.2, 0.25) is 0 Å². The van der Waals surface area contributed by atoms with Crippen molar-refractivity contribution in [2.75, 3.05) is 17.0 Å². The number of amides is 2. The first-order valence-electron chi connectivity index (χ1n) is 11.1. The Morgan fingerprint density at radius 2 is 1.51 bits per heavy atom. The highest BCUT2D eigenvalue weighted by Gasteiger charge is 2.22. The van der Waals surface area contributed by atoms with E-state index in [1.54, 1.807) is 6.92 Å². The number of carbonyl (C=O) groups excluding carboxylic acids is 3. The molecule has 0 fully saturated rings. The molecule has 0 radical (unpaired) electrons. The van der Waals surface area contributed by atoms with Gasteiger partial charge in [0, 0.05) is 12.6 Å². The summed E-state index contributed by atoms with van der Waals surface area (Å²) in [6.07, 6.45) is -4.11. The van der Waals surface area contributed by atoms with E-state index in [1.807, 2.05) is 74.5 Å². The molecule has 7 N–H and O–H groups in total. The minimum atomic E-state index is -4.00. The molecule has 0 saturated carbocycles. The molecule has 2 amide bonds. The van der Waals surface area contributed by atoms with Gasteiger partial charge in [-0.15, -0.1) is 0 Å². The number of halogens is 3. The van der Waals surface area contributed by atoms with Crippen LogP contribution in [0.5, 0.6) is 0 Å². The highest BCUT2D eigenvalue weighted by atomic mass is 19.4. The van der Waals surface area contributed by atoms with Crippen LogP contribution in [0.3, 0.4) is 0 Å². The van der Waals surface area contributed by atoms with Gasteiger partial charge >= 0.3 is 12.1 Å². The number of esters is 1. The van der Waals surface area contributed by atoms with E-state index in [0.717, 1.165) is 11.4 Å². The van der Waals surface area contributed by atoms with Crippen molar-refractivity contribution in [1.82, 2.24) is 0 Å². The summed E-state index contributed by atoms with van der Waals surface area (Å²) in [5.74, 6) is 4.17. The van der Waals surface area contributed by atoms with E-state index in [1.165, 1.54) is 5.01 Å². The number of hydrazine groups is 1. The molecule has 3 rings (SSSR count). The topological polar surface area (TPSA) is 166 Å². The quantitative estimate of drug-likeness (QED) is 0.199. The monoisotopic (exact) mass is 528 g/mol. The Balaban J connectivity index is 0. The first kappa shape index (κ1) is 35.0. The summed E-state index contributed by atoms with van der Waals surface area (Å²) in [5, 5.41) is 5.25. The van der Waals surface area contributed by atoms with Gasteiger partial charge in [-0.2, -0.15) is 23.3 Å². The number of nitrogens with zero attached hydrogens (tertiary/aromatic N) is 2. The van der Waals surface area contributed by atoms with Crippen molar-refractivity contribution >= 4 is 35.0 Å². The smallest absolute Gasteiger partial charge is 0.386 e. The number of hydrazone groups is 1. The molecule has 0 saturated heterocycles. The third-order valence-electron chi connectivity index (χ3n) is 3.36. The average molecular weight is 529 g/mol. The van der Waals surface area contributed by atoms with Crippen LogP contribution in [0.4, 0.5) is 24.5 Å². The largest absolute Gasteiger partial charge is 0.466 e. The van der Waals surface area contributed by atoms with Gasteiger partial charge < -0.3 is 21.6 Å². The number of anilines is 2. The Hall–Kier alpha value is -4.13. The highest BCUT2D eigenvalue weighted by molar-refractivity contribution is 6.11. The van der Waals surface area contributed by atoms with Crippen molar-refractivity contribution in [2.45, 2.75) is 46.7 Å². The van der Waals surface area contributed by atoms with E-state index < -0.39 is 18.1 Å². The number of nitrogen functional groups attached to an aromatic ring is 1. The molecule has 13 heteroatoms. The van der Waals surface area contributed by atoms with Crippen LogP contribution in [-0.4, -0.2) is 36.4 Å². The predicted molar refractivity (Wildman–Crippen MR) is 138 cm³/mol. The molecule has 0 aromatic heterocycles. The fourth-order valence-corrected chi connectivity index (χ4v) is 2.11. The minimum absolute atomic E-state index is 0.0799. The van der Waals surface area contributed by atoms with Crippen molar-refractivity contribution in [3.63, 3.8) is 0 Å². The number of amidine groups is 1. The predicted octanol–water partition coefficient (Wildman–Crippen LogP) is 3.69. The molecular formula is C24H35F3N6O4. The number of rotatable bonds is 5. The zero-order valence-electron chi connectivity index (χ0n) is 21.3. The number of para-hydroxylation sites is 2. The number of nitrogens with two attached hydrogens (primary N) is 3. The number of ether oxygens (including phenoxy) is 1. The normalized spacial score (nSPS) is 11.4. The average Bonchev–Trinajstić information content (AvgIpc) is 3.19. The molecule has 10 nitrogen and oxygen atoms in total. The van der Waals surface area contributed by atoms with Crippen LogP contribution in [0.15, 0.2) is 65.8 Å². The summed E-state index contributed by atoms with van der Waals surface area (Å²) in [6, 6.07) is 18.8. The maximum atomic E-state index is 11.3. The number of carbonyl (C=O) groups is 3. The highest BCUT2D eigenvalue weighted by Crippen LogP contribution is 2.18. The molecule has 1 aliphatic rings. The molecule has 0 bridgehead atoms.